The summed E-state index contributed by atoms with van der Waals surface area (Å²) in [4.78, 5) is 25.1. The van der Waals surface area contributed by atoms with Gasteiger partial charge in [-0.25, -0.2) is 13.2 Å². The number of carbonyl (C=O) groups is 2. The number of esters is 1. The number of para-hydroxylation sites is 1. The number of anilines is 1. The molecule has 36 heavy (non-hydrogen) atoms. The van der Waals surface area contributed by atoms with Crippen LogP contribution in [0.25, 0.3) is 10.9 Å². The molecule has 0 fully saturated rings. The highest BCUT2D eigenvalue weighted by atomic mass is 35.5. The Bertz CT molecular complexity index is 1490. The molecule has 0 spiro atoms. The first-order valence-electron chi connectivity index (χ1n) is 11.4. The second-order valence-corrected chi connectivity index (χ2v) is 10.6. The first-order chi connectivity index (χ1) is 17.3. The van der Waals surface area contributed by atoms with Gasteiger partial charge < -0.3 is 14.6 Å². The Kier molecular flexibility index (Phi) is 7.76. The molecule has 4 rings (SSSR count). The molecule has 0 bridgehead atoms. The van der Waals surface area contributed by atoms with Gasteiger partial charge in [-0.15, -0.1) is 0 Å². The third-order valence-corrected chi connectivity index (χ3v) is 7.66. The van der Waals surface area contributed by atoms with Gasteiger partial charge in [-0.3, -0.25) is 4.79 Å². The van der Waals surface area contributed by atoms with E-state index in [4.69, 9.17) is 16.3 Å². The summed E-state index contributed by atoms with van der Waals surface area (Å²) >= 11 is 5.91. The molecular formula is C27H25ClN2O5S. The fraction of sp³-hybridized carbons (Fsp3) is 0.185. The lowest BCUT2D eigenvalue weighted by Crippen LogP contribution is -2.18. The van der Waals surface area contributed by atoms with E-state index in [0.29, 0.717) is 33.8 Å². The van der Waals surface area contributed by atoms with Gasteiger partial charge in [0.1, 0.15) is 6.54 Å². The van der Waals surface area contributed by atoms with Gasteiger partial charge in [-0.1, -0.05) is 43.1 Å². The minimum atomic E-state index is -3.83. The number of nitrogens with one attached hydrogen (secondary N) is 1. The molecule has 0 saturated carbocycles. The Morgan fingerprint density at radius 2 is 1.67 bits per heavy atom. The Hall–Kier alpha value is -3.62. The summed E-state index contributed by atoms with van der Waals surface area (Å²) in [7, 11) is -3.83. The number of ether oxygens (including phenoxy) is 1. The van der Waals surface area contributed by atoms with Crippen molar-refractivity contribution in [3.63, 3.8) is 0 Å². The van der Waals surface area contributed by atoms with Crippen LogP contribution in [0.2, 0.25) is 5.02 Å². The molecule has 1 aromatic heterocycles. The second kappa shape index (κ2) is 11.0. The van der Waals surface area contributed by atoms with Crippen molar-refractivity contribution >= 4 is 49.9 Å². The van der Waals surface area contributed by atoms with Crippen molar-refractivity contribution in [3.05, 3.63) is 89.6 Å². The van der Waals surface area contributed by atoms with Crippen molar-refractivity contribution in [1.29, 1.82) is 0 Å². The largest absolute Gasteiger partial charge is 0.462 e. The summed E-state index contributed by atoms with van der Waals surface area (Å²) in [5.41, 5.74) is 1.53. The summed E-state index contributed by atoms with van der Waals surface area (Å²) in [6, 6.07) is 19.4. The van der Waals surface area contributed by atoms with Crippen LogP contribution in [0.4, 0.5) is 5.69 Å². The molecule has 1 amide bonds. The zero-order valence-corrected chi connectivity index (χ0v) is 21.2. The van der Waals surface area contributed by atoms with Gasteiger partial charge in [-0.2, -0.15) is 0 Å². The molecule has 0 radical (unpaired) electrons. The highest BCUT2D eigenvalue weighted by Crippen LogP contribution is 2.30. The number of carbonyl (C=O) groups excluding carboxylic acids is 2. The van der Waals surface area contributed by atoms with Crippen LogP contribution >= 0.6 is 11.6 Å². The summed E-state index contributed by atoms with van der Waals surface area (Å²) in [5, 5.41) is 3.74. The number of unbranched alkanes of at least 4 members (excludes halogenated alkanes) is 1. The summed E-state index contributed by atoms with van der Waals surface area (Å²) < 4.78 is 33.4. The third kappa shape index (κ3) is 5.61. The van der Waals surface area contributed by atoms with Crippen molar-refractivity contribution in [2.75, 3.05) is 11.9 Å². The van der Waals surface area contributed by atoms with E-state index in [-0.39, 0.29) is 22.2 Å². The molecule has 4 aromatic rings. The molecule has 186 valence electrons. The summed E-state index contributed by atoms with van der Waals surface area (Å²) in [6.07, 6.45) is 3.21. The maximum absolute atomic E-state index is 13.3. The van der Waals surface area contributed by atoms with Gasteiger partial charge >= 0.3 is 5.97 Å². The second-order valence-electron chi connectivity index (χ2n) is 8.21. The zero-order valence-electron chi connectivity index (χ0n) is 19.6. The maximum Gasteiger partial charge on any atom is 0.338 e. The van der Waals surface area contributed by atoms with Crippen molar-refractivity contribution in [3.8, 4) is 0 Å². The van der Waals surface area contributed by atoms with E-state index in [1.807, 2.05) is 6.92 Å². The number of aromatic nitrogens is 1. The molecule has 1 heterocycles. The molecule has 0 atom stereocenters. The number of halogens is 1. The normalized spacial score (nSPS) is 11.4. The van der Waals surface area contributed by atoms with Crippen molar-refractivity contribution < 1.29 is 22.7 Å². The van der Waals surface area contributed by atoms with E-state index in [9.17, 15) is 18.0 Å². The topological polar surface area (TPSA) is 94.5 Å². The van der Waals surface area contributed by atoms with Crippen LogP contribution in [0.5, 0.6) is 0 Å². The summed E-state index contributed by atoms with van der Waals surface area (Å²) in [5.74, 6) is -0.751. The summed E-state index contributed by atoms with van der Waals surface area (Å²) in [6.45, 7) is 2.28. The van der Waals surface area contributed by atoms with Crippen LogP contribution < -0.4 is 5.32 Å². The molecule has 0 aliphatic heterocycles. The number of nitrogens with zero attached hydrogens (tertiary/aromatic N) is 1. The number of amides is 1. The van der Waals surface area contributed by atoms with Crippen LogP contribution in [0.1, 0.15) is 30.1 Å². The van der Waals surface area contributed by atoms with E-state index in [0.717, 1.165) is 12.8 Å². The van der Waals surface area contributed by atoms with Gasteiger partial charge in [0.05, 0.1) is 22.0 Å². The molecule has 9 heteroatoms. The fourth-order valence-electron chi connectivity index (χ4n) is 3.74. The zero-order chi connectivity index (χ0) is 25.7. The lowest BCUT2D eigenvalue weighted by molar-refractivity contribution is -0.116. The van der Waals surface area contributed by atoms with Crippen molar-refractivity contribution in [2.45, 2.75) is 36.1 Å². The SMILES string of the molecule is CCCCOC(=O)c1ccc(NC(=O)Cn2cc(S(=O)(=O)c3ccc(Cl)cc3)c3ccccc32)cc1. The average Bonchev–Trinajstić information content (AvgIpc) is 3.24. The molecular weight excluding hydrogens is 500 g/mol. The predicted molar refractivity (Wildman–Crippen MR) is 139 cm³/mol. The third-order valence-electron chi connectivity index (χ3n) is 5.61. The Balaban J connectivity index is 1.52. The Labute approximate surface area is 214 Å². The van der Waals surface area contributed by atoms with Crippen LogP contribution in [0, 0.1) is 0 Å². The maximum atomic E-state index is 13.3. The van der Waals surface area contributed by atoms with Crippen LogP contribution in [-0.4, -0.2) is 31.5 Å². The minimum absolute atomic E-state index is 0.0997. The predicted octanol–water partition coefficient (Wildman–Crippen LogP) is 5.72. The smallest absolute Gasteiger partial charge is 0.338 e. The number of hydrogen-bond acceptors (Lipinski definition) is 5. The monoisotopic (exact) mass is 524 g/mol. The van der Waals surface area contributed by atoms with Crippen LogP contribution in [0.15, 0.2) is 88.8 Å². The van der Waals surface area contributed by atoms with Gasteiger partial charge in [0, 0.05) is 27.8 Å². The number of rotatable bonds is 9. The molecule has 0 unspecified atom stereocenters. The molecule has 7 nitrogen and oxygen atoms in total. The first kappa shape index (κ1) is 25.5. The minimum Gasteiger partial charge on any atom is -0.462 e. The van der Waals surface area contributed by atoms with Crippen molar-refractivity contribution in [2.24, 2.45) is 0 Å². The lowest BCUT2D eigenvalue weighted by Gasteiger charge is -2.08. The van der Waals surface area contributed by atoms with Crippen LogP contribution in [-0.2, 0) is 25.9 Å². The highest BCUT2D eigenvalue weighted by Gasteiger charge is 2.24. The molecule has 0 saturated heterocycles. The average molecular weight is 525 g/mol. The van der Waals surface area contributed by atoms with Gasteiger partial charge in [-0.05, 0) is 61.0 Å². The van der Waals surface area contributed by atoms with Gasteiger partial charge in [0.25, 0.3) is 0 Å². The first-order valence-corrected chi connectivity index (χ1v) is 13.3. The van der Waals surface area contributed by atoms with Crippen molar-refractivity contribution in [1.82, 2.24) is 4.57 Å². The standard InChI is InChI=1S/C27H25ClN2O5S/c1-2-3-16-35-27(32)19-8-12-21(13-9-19)29-26(31)18-30-17-25(23-6-4-5-7-24(23)30)36(33,34)22-14-10-20(28)11-15-22/h4-15,17H,2-3,16,18H2,1H3,(H,29,31). The molecule has 0 aliphatic rings. The Morgan fingerprint density at radius 3 is 2.36 bits per heavy atom. The van der Waals surface area contributed by atoms with Crippen LogP contribution in [0.3, 0.4) is 0 Å². The molecule has 1 N–H and O–H groups in total. The number of sulfone groups is 1. The molecule has 3 aromatic carbocycles. The van der Waals surface area contributed by atoms with Gasteiger partial charge in [0.15, 0.2) is 0 Å². The highest BCUT2D eigenvalue weighted by molar-refractivity contribution is 7.91. The fourth-order valence-corrected chi connectivity index (χ4v) is 5.34. The number of hydrogen-bond donors (Lipinski definition) is 1. The van der Waals surface area contributed by atoms with E-state index in [1.54, 1.807) is 53.1 Å². The molecule has 0 aliphatic carbocycles. The van der Waals surface area contributed by atoms with E-state index in [2.05, 4.69) is 5.32 Å². The van der Waals surface area contributed by atoms with E-state index >= 15 is 0 Å². The lowest BCUT2D eigenvalue weighted by atomic mass is 10.2. The number of fused-ring (bicyclic) bond motifs is 1. The quantitative estimate of drug-likeness (QED) is 0.223. The Morgan fingerprint density at radius 1 is 0.972 bits per heavy atom. The van der Waals surface area contributed by atoms with E-state index < -0.39 is 15.8 Å². The van der Waals surface area contributed by atoms with Gasteiger partial charge in [0.2, 0.25) is 15.7 Å². The number of benzene rings is 3. The van der Waals surface area contributed by atoms with E-state index in [1.165, 1.54) is 30.5 Å².